The monoisotopic (exact) mass is 433 g/mol. The minimum absolute atomic E-state index is 0.0906. The molecule has 2 aromatic carbocycles. The summed E-state index contributed by atoms with van der Waals surface area (Å²) < 4.78 is 28.0. The number of benzene rings is 2. The molecule has 0 atom stereocenters. The van der Waals surface area contributed by atoms with Gasteiger partial charge in [-0.3, -0.25) is 4.90 Å². The molecule has 2 aromatic rings. The van der Waals surface area contributed by atoms with Gasteiger partial charge in [0, 0.05) is 29.8 Å². The first kappa shape index (κ1) is 20.2. The fraction of sp³-hybridized carbons (Fsp3) is 0.381. The van der Waals surface area contributed by atoms with Gasteiger partial charge in [0.15, 0.2) is 0 Å². The summed E-state index contributed by atoms with van der Waals surface area (Å²) in [4.78, 5) is 14.5. The average Bonchev–Trinajstić information content (AvgIpc) is 3.36. The maximum absolute atomic E-state index is 12.7. The Labute approximate surface area is 176 Å². The molecule has 154 valence electrons. The van der Waals surface area contributed by atoms with Crippen molar-refractivity contribution in [3.8, 4) is 0 Å². The predicted octanol–water partition coefficient (Wildman–Crippen LogP) is 3.83. The van der Waals surface area contributed by atoms with Crippen LogP contribution in [0.4, 0.5) is 10.5 Å². The summed E-state index contributed by atoms with van der Waals surface area (Å²) in [5.41, 5.74) is 2.49. The molecule has 0 bridgehead atoms. The van der Waals surface area contributed by atoms with Gasteiger partial charge < -0.3 is 5.32 Å². The summed E-state index contributed by atoms with van der Waals surface area (Å²) in [7, 11) is -3.65. The first-order valence-electron chi connectivity index (χ1n) is 9.87. The molecule has 2 amide bonds. The predicted molar refractivity (Wildman–Crippen MR) is 114 cm³/mol. The number of hydrogen-bond acceptors (Lipinski definition) is 3. The van der Waals surface area contributed by atoms with Gasteiger partial charge in [0.2, 0.25) is 10.0 Å². The average molecular weight is 434 g/mol. The molecule has 1 aliphatic carbocycles. The van der Waals surface area contributed by atoms with Gasteiger partial charge in [-0.25, -0.2) is 17.9 Å². The highest BCUT2D eigenvalue weighted by atomic mass is 35.5. The largest absolute Gasteiger partial charge is 0.335 e. The van der Waals surface area contributed by atoms with E-state index >= 15 is 0 Å². The minimum Gasteiger partial charge on any atom is -0.335 e. The van der Waals surface area contributed by atoms with Crippen LogP contribution in [0, 0.1) is 0 Å². The number of rotatable bonds is 5. The lowest BCUT2D eigenvalue weighted by molar-refractivity contribution is 0.243. The van der Waals surface area contributed by atoms with E-state index in [9.17, 15) is 13.2 Å². The number of hydrogen-bond donors (Lipinski definition) is 2. The Morgan fingerprint density at radius 2 is 1.83 bits per heavy atom. The lowest BCUT2D eigenvalue weighted by atomic mass is 10.2. The van der Waals surface area contributed by atoms with Gasteiger partial charge in [-0.1, -0.05) is 36.6 Å². The van der Waals surface area contributed by atoms with Crippen molar-refractivity contribution in [3.05, 3.63) is 58.6 Å². The number of carbonyl (C=O) groups excluding carboxylic acids is 1. The first-order chi connectivity index (χ1) is 13.9. The van der Waals surface area contributed by atoms with Crippen LogP contribution in [0.3, 0.4) is 0 Å². The Hall–Kier alpha value is -2.09. The van der Waals surface area contributed by atoms with E-state index in [1.807, 2.05) is 0 Å². The minimum atomic E-state index is -3.65. The number of nitrogens with one attached hydrogen (secondary N) is 2. The number of amides is 2. The van der Waals surface area contributed by atoms with Gasteiger partial charge >= 0.3 is 6.03 Å². The number of urea groups is 1. The molecule has 0 aromatic heterocycles. The summed E-state index contributed by atoms with van der Waals surface area (Å²) in [6, 6.07) is 12.1. The van der Waals surface area contributed by atoms with E-state index in [2.05, 4.69) is 10.0 Å². The quantitative estimate of drug-likeness (QED) is 0.752. The van der Waals surface area contributed by atoms with E-state index < -0.39 is 10.0 Å². The molecule has 0 spiro atoms. The van der Waals surface area contributed by atoms with Crippen molar-refractivity contribution in [2.75, 3.05) is 11.4 Å². The van der Waals surface area contributed by atoms with Crippen LogP contribution >= 0.6 is 11.6 Å². The second-order valence-electron chi connectivity index (χ2n) is 7.57. The van der Waals surface area contributed by atoms with Gasteiger partial charge in [-0.05, 0) is 60.7 Å². The Morgan fingerprint density at radius 3 is 2.55 bits per heavy atom. The van der Waals surface area contributed by atoms with E-state index in [4.69, 9.17) is 11.6 Å². The molecule has 0 saturated heterocycles. The van der Waals surface area contributed by atoms with Gasteiger partial charge in [0.05, 0.1) is 4.90 Å². The number of halogens is 1. The Kier molecular flexibility index (Phi) is 5.81. The third kappa shape index (κ3) is 4.57. The normalized spacial score (nSPS) is 16.8. The van der Waals surface area contributed by atoms with Crippen LogP contribution in [0.15, 0.2) is 47.4 Å². The van der Waals surface area contributed by atoms with Crippen LogP contribution in [-0.4, -0.2) is 27.0 Å². The van der Waals surface area contributed by atoms with Crippen molar-refractivity contribution in [1.82, 2.24) is 10.0 Å². The van der Waals surface area contributed by atoms with E-state index in [1.54, 1.807) is 47.4 Å². The summed E-state index contributed by atoms with van der Waals surface area (Å²) in [6.45, 7) is 0.752. The second kappa shape index (κ2) is 8.34. The summed E-state index contributed by atoms with van der Waals surface area (Å²) in [5, 5.41) is 3.70. The molecule has 4 rings (SSSR count). The number of carbonyl (C=O) groups is 1. The number of anilines is 1. The van der Waals surface area contributed by atoms with Crippen LogP contribution in [0.25, 0.3) is 0 Å². The highest BCUT2D eigenvalue weighted by Crippen LogP contribution is 2.30. The molecule has 0 unspecified atom stereocenters. The number of nitrogens with zero attached hydrogens (tertiary/aromatic N) is 1. The molecule has 1 fully saturated rings. The fourth-order valence-corrected chi connectivity index (χ4v) is 5.14. The maximum Gasteiger partial charge on any atom is 0.322 e. The van der Waals surface area contributed by atoms with Crippen molar-refractivity contribution in [2.45, 2.75) is 49.6 Å². The lowest BCUT2D eigenvalue weighted by Gasteiger charge is -2.21. The van der Waals surface area contributed by atoms with Crippen LogP contribution in [0.1, 0.15) is 36.8 Å². The topological polar surface area (TPSA) is 78.5 Å². The molecule has 1 heterocycles. The third-order valence-corrected chi connectivity index (χ3v) is 7.22. The van der Waals surface area contributed by atoms with Gasteiger partial charge in [-0.15, -0.1) is 0 Å². The van der Waals surface area contributed by atoms with Gasteiger partial charge in [-0.2, -0.15) is 0 Å². The van der Waals surface area contributed by atoms with Crippen LogP contribution in [-0.2, 0) is 23.0 Å². The van der Waals surface area contributed by atoms with Crippen molar-refractivity contribution in [2.24, 2.45) is 0 Å². The van der Waals surface area contributed by atoms with Crippen molar-refractivity contribution in [3.63, 3.8) is 0 Å². The van der Waals surface area contributed by atoms with Crippen LogP contribution in [0.2, 0.25) is 5.02 Å². The standard InChI is InChI=1S/C21H24ClN3O3S/c22-17-7-5-15(6-8-17)14-23-29(27,28)19-9-10-20-16(13-19)11-12-25(20)21(26)24-18-3-1-2-4-18/h5-10,13,18,23H,1-4,11-12,14H2,(H,24,26). The second-order valence-corrected chi connectivity index (χ2v) is 9.78. The Balaban J connectivity index is 1.44. The van der Waals surface area contributed by atoms with E-state index in [-0.39, 0.29) is 23.5 Å². The first-order valence-corrected chi connectivity index (χ1v) is 11.7. The van der Waals surface area contributed by atoms with Gasteiger partial charge in [0.25, 0.3) is 0 Å². The van der Waals surface area contributed by atoms with Gasteiger partial charge in [0.1, 0.15) is 0 Å². The zero-order chi connectivity index (χ0) is 20.4. The van der Waals surface area contributed by atoms with Crippen molar-refractivity contribution < 1.29 is 13.2 Å². The molecule has 0 radical (unpaired) electrons. The third-order valence-electron chi connectivity index (χ3n) is 5.56. The Bertz CT molecular complexity index is 1000. The zero-order valence-electron chi connectivity index (χ0n) is 16.0. The molecular weight excluding hydrogens is 410 g/mol. The molecule has 2 aliphatic rings. The zero-order valence-corrected chi connectivity index (χ0v) is 17.6. The summed E-state index contributed by atoms with van der Waals surface area (Å²) in [6.07, 6.45) is 5.03. The molecule has 1 saturated carbocycles. The molecule has 6 nitrogen and oxygen atoms in total. The molecule has 1 aliphatic heterocycles. The maximum atomic E-state index is 12.7. The summed E-state index contributed by atoms with van der Waals surface area (Å²) >= 11 is 5.86. The van der Waals surface area contributed by atoms with Crippen LogP contribution in [0.5, 0.6) is 0 Å². The van der Waals surface area contributed by atoms with Crippen molar-refractivity contribution >= 4 is 33.3 Å². The van der Waals surface area contributed by atoms with E-state index in [0.29, 0.717) is 18.0 Å². The van der Waals surface area contributed by atoms with E-state index in [0.717, 1.165) is 42.5 Å². The van der Waals surface area contributed by atoms with E-state index in [1.165, 1.54) is 0 Å². The highest BCUT2D eigenvalue weighted by Gasteiger charge is 2.28. The lowest BCUT2D eigenvalue weighted by Crippen LogP contribution is -2.43. The summed E-state index contributed by atoms with van der Waals surface area (Å²) in [5.74, 6) is 0. The SMILES string of the molecule is O=C(NC1CCCC1)N1CCc2cc(S(=O)(=O)NCc3ccc(Cl)cc3)ccc21. The highest BCUT2D eigenvalue weighted by molar-refractivity contribution is 7.89. The molecular formula is C21H24ClN3O3S. The Morgan fingerprint density at radius 1 is 1.10 bits per heavy atom. The van der Waals surface area contributed by atoms with Crippen molar-refractivity contribution in [1.29, 1.82) is 0 Å². The molecule has 2 N–H and O–H groups in total. The van der Waals surface area contributed by atoms with Crippen LogP contribution < -0.4 is 14.9 Å². The smallest absolute Gasteiger partial charge is 0.322 e. The number of fused-ring (bicyclic) bond motifs is 1. The molecule has 8 heteroatoms. The fourth-order valence-electron chi connectivity index (χ4n) is 3.94. The number of sulfonamides is 1. The molecule has 29 heavy (non-hydrogen) atoms.